The predicted molar refractivity (Wildman–Crippen MR) is 41.7 cm³/mol. The molecule has 2 nitrogen and oxygen atoms in total. The second-order valence-corrected chi connectivity index (χ2v) is 2.39. The average molecular weight is 144 g/mol. The molecular weight excluding hydrogens is 128 g/mol. The summed E-state index contributed by atoms with van der Waals surface area (Å²) in [6.45, 7) is 3.74. The summed E-state index contributed by atoms with van der Waals surface area (Å²) in [5.41, 5.74) is 0. The van der Waals surface area contributed by atoms with Crippen LogP contribution < -0.4 is 0 Å². The van der Waals surface area contributed by atoms with E-state index in [9.17, 15) is 0 Å². The molecule has 0 spiro atoms. The van der Waals surface area contributed by atoms with Gasteiger partial charge in [-0.1, -0.05) is 19.1 Å². The molecule has 0 aliphatic carbocycles. The Bertz CT molecular complexity index is 99.4. The van der Waals surface area contributed by atoms with E-state index in [0.29, 0.717) is 12.8 Å². The van der Waals surface area contributed by atoms with Gasteiger partial charge in [-0.2, -0.15) is 0 Å². The van der Waals surface area contributed by atoms with Gasteiger partial charge in [-0.25, -0.2) is 0 Å². The topological polar surface area (TPSA) is 40.5 Å². The molecule has 0 radical (unpaired) electrons. The molecular formula is C8H16O2. The van der Waals surface area contributed by atoms with Gasteiger partial charge in [0.1, 0.15) is 0 Å². The van der Waals surface area contributed by atoms with Crippen LogP contribution in [0.25, 0.3) is 0 Å². The highest BCUT2D eigenvalue weighted by Gasteiger charge is 2.05. The molecule has 0 saturated heterocycles. The lowest BCUT2D eigenvalue weighted by Gasteiger charge is -2.09. The summed E-state index contributed by atoms with van der Waals surface area (Å²) in [5.74, 6) is 0. The van der Waals surface area contributed by atoms with Gasteiger partial charge < -0.3 is 10.2 Å². The molecule has 0 saturated carbocycles. The molecule has 0 bridgehead atoms. The Kier molecular flexibility index (Phi) is 5.26. The fourth-order valence-corrected chi connectivity index (χ4v) is 0.746. The summed E-state index contributed by atoms with van der Waals surface area (Å²) in [4.78, 5) is 0. The SMILES string of the molecule is C/C=C/[C@@H](O)C[C@@H](O)CC. The molecule has 0 unspecified atom stereocenters. The Labute approximate surface area is 62.2 Å². The molecule has 0 aliphatic rings. The highest BCUT2D eigenvalue weighted by atomic mass is 16.3. The number of aliphatic hydroxyl groups is 2. The largest absolute Gasteiger partial charge is 0.393 e. The van der Waals surface area contributed by atoms with Crippen molar-refractivity contribution in [3.63, 3.8) is 0 Å². The van der Waals surface area contributed by atoms with Crippen LogP contribution in [0.15, 0.2) is 12.2 Å². The maximum atomic E-state index is 9.10. The van der Waals surface area contributed by atoms with Crippen LogP contribution in [0.1, 0.15) is 26.7 Å². The van der Waals surface area contributed by atoms with E-state index in [4.69, 9.17) is 10.2 Å². The Morgan fingerprint density at radius 1 is 1.40 bits per heavy atom. The summed E-state index contributed by atoms with van der Waals surface area (Å²) in [6.07, 6.45) is 3.76. The molecule has 0 aliphatic heterocycles. The van der Waals surface area contributed by atoms with Crippen molar-refractivity contribution in [3.8, 4) is 0 Å². The molecule has 60 valence electrons. The van der Waals surface area contributed by atoms with Crippen LogP contribution in [0.4, 0.5) is 0 Å². The van der Waals surface area contributed by atoms with E-state index in [1.54, 1.807) is 12.2 Å². The van der Waals surface area contributed by atoms with Crippen molar-refractivity contribution in [2.24, 2.45) is 0 Å². The van der Waals surface area contributed by atoms with Gasteiger partial charge in [0.05, 0.1) is 12.2 Å². The van der Waals surface area contributed by atoms with Crippen molar-refractivity contribution in [3.05, 3.63) is 12.2 Å². The third-order valence-electron chi connectivity index (χ3n) is 1.40. The molecule has 0 heterocycles. The third kappa shape index (κ3) is 4.53. The lowest BCUT2D eigenvalue weighted by molar-refractivity contribution is 0.101. The van der Waals surface area contributed by atoms with Crippen LogP contribution in [0.5, 0.6) is 0 Å². The van der Waals surface area contributed by atoms with E-state index in [-0.39, 0.29) is 6.10 Å². The first-order chi connectivity index (χ1) is 4.70. The Hall–Kier alpha value is -0.340. The van der Waals surface area contributed by atoms with Gasteiger partial charge in [0.15, 0.2) is 0 Å². The number of hydrogen-bond donors (Lipinski definition) is 2. The van der Waals surface area contributed by atoms with E-state index in [2.05, 4.69) is 0 Å². The number of allylic oxidation sites excluding steroid dienone is 1. The first kappa shape index (κ1) is 9.66. The Balaban J connectivity index is 3.46. The maximum Gasteiger partial charge on any atom is 0.0745 e. The quantitative estimate of drug-likeness (QED) is 0.580. The van der Waals surface area contributed by atoms with E-state index >= 15 is 0 Å². The average Bonchev–Trinajstić information content (AvgIpc) is 1.88. The van der Waals surface area contributed by atoms with Gasteiger partial charge in [-0.15, -0.1) is 0 Å². The minimum absolute atomic E-state index is 0.369. The molecule has 2 heteroatoms. The summed E-state index contributed by atoms with van der Waals surface area (Å²) in [6, 6.07) is 0. The van der Waals surface area contributed by atoms with Gasteiger partial charge in [-0.3, -0.25) is 0 Å². The molecule has 0 aromatic heterocycles. The van der Waals surface area contributed by atoms with Crippen molar-refractivity contribution in [2.45, 2.75) is 38.9 Å². The van der Waals surface area contributed by atoms with Gasteiger partial charge in [0, 0.05) is 6.42 Å². The van der Waals surface area contributed by atoms with Crippen molar-refractivity contribution in [1.82, 2.24) is 0 Å². The zero-order valence-corrected chi connectivity index (χ0v) is 6.62. The van der Waals surface area contributed by atoms with E-state index in [1.165, 1.54) is 0 Å². The highest BCUT2D eigenvalue weighted by molar-refractivity contribution is 4.86. The number of aliphatic hydroxyl groups excluding tert-OH is 2. The number of hydrogen-bond acceptors (Lipinski definition) is 2. The van der Waals surface area contributed by atoms with E-state index in [0.717, 1.165) is 0 Å². The van der Waals surface area contributed by atoms with Crippen molar-refractivity contribution in [1.29, 1.82) is 0 Å². The minimum atomic E-state index is -0.486. The van der Waals surface area contributed by atoms with Gasteiger partial charge >= 0.3 is 0 Å². The zero-order valence-electron chi connectivity index (χ0n) is 6.62. The van der Waals surface area contributed by atoms with Crippen LogP contribution in [0, 0.1) is 0 Å². The molecule has 0 aromatic carbocycles. The van der Waals surface area contributed by atoms with Crippen molar-refractivity contribution < 1.29 is 10.2 Å². The summed E-state index contributed by atoms with van der Waals surface area (Å²) in [5, 5.41) is 18.2. The molecule has 0 amide bonds. The fraction of sp³-hybridized carbons (Fsp3) is 0.750. The van der Waals surface area contributed by atoms with Crippen LogP contribution in [-0.4, -0.2) is 22.4 Å². The number of rotatable bonds is 4. The van der Waals surface area contributed by atoms with Crippen LogP contribution in [0.3, 0.4) is 0 Å². The second kappa shape index (κ2) is 5.45. The van der Waals surface area contributed by atoms with Crippen LogP contribution in [0.2, 0.25) is 0 Å². The van der Waals surface area contributed by atoms with Gasteiger partial charge in [0.25, 0.3) is 0 Å². The third-order valence-corrected chi connectivity index (χ3v) is 1.40. The summed E-state index contributed by atoms with van der Waals surface area (Å²) >= 11 is 0. The first-order valence-electron chi connectivity index (χ1n) is 3.69. The zero-order chi connectivity index (χ0) is 7.98. The van der Waals surface area contributed by atoms with Crippen LogP contribution in [-0.2, 0) is 0 Å². The van der Waals surface area contributed by atoms with E-state index < -0.39 is 6.10 Å². The molecule has 10 heavy (non-hydrogen) atoms. The monoisotopic (exact) mass is 144 g/mol. The normalized spacial score (nSPS) is 17.6. The smallest absolute Gasteiger partial charge is 0.0745 e. The first-order valence-corrected chi connectivity index (χ1v) is 3.69. The fourth-order valence-electron chi connectivity index (χ4n) is 0.746. The second-order valence-electron chi connectivity index (χ2n) is 2.39. The van der Waals surface area contributed by atoms with Gasteiger partial charge in [0.2, 0.25) is 0 Å². The van der Waals surface area contributed by atoms with E-state index in [1.807, 2.05) is 13.8 Å². The molecule has 0 rings (SSSR count). The lowest BCUT2D eigenvalue weighted by atomic mass is 10.1. The molecule has 0 fully saturated rings. The summed E-state index contributed by atoms with van der Waals surface area (Å²) in [7, 11) is 0. The molecule has 2 atom stereocenters. The standard InChI is InChI=1S/C8H16O2/c1-3-5-8(10)6-7(9)4-2/h3,5,7-10H,4,6H2,1-2H3/b5-3+/t7-,8+/m0/s1. The highest BCUT2D eigenvalue weighted by Crippen LogP contribution is 2.02. The molecule has 0 aromatic rings. The Morgan fingerprint density at radius 2 is 2.00 bits per heavy atom. The summed E-state index contributed by atoms with van der Waals surface area (Å²) < 4.78 is 0. The van der Waals surface area contributed by atoms with Crippen molar-refractivity contribution >= 4 is 0 Å². The van der Waals surface area contributed by atoms with Crippen LogP contribution >= 0.6 is 0 Å². The minimum Gasteiger partial charge on any atom is -0.393 e. The van der Waals surface area contributed by atoms with Gasteiger partial charge in [-0.05, 0) is 13.3 Å². The predicted octanol–water partition coefficient (Wildman–Crippen LogP) is 1.08. The lowest BCUT2D eigenvalue weighted by Crippen LogP contribution is -2.14. The molecule has 2 N–H and O–H groups in total. The maximum absolute atomic E-state index is 9.10. The van der Waals surface area contributed by atoms with Crippen molar-refractivity contribution in [2.75, 3.05) is 0 Å². The Morgan fingerprint density at radius 3 is 2.40 bits per heavy atom.